The maximum atomic E-state index is 14.4. The quantitative estimate of drug-likeness (QED) is 0.486. The van der Waals surface area contributed by atoms with E-state index in [0.717, 1.165) is 0 Å². The number of hydrogen-bond acceptors (Lipinski definition) is 5. The summed E-state index contributed by atoms with van der Waals surface area (Å²) in [6.07, 6.45) is 2.96. The molecule has 0 bridgehead atoms. The van der Waals surface area contributed by atoms with Crippen molar-refractivity contribution in [2.75, 3.05) is 0 Å². The molecule has 0 aliphatic carbocycles. The zero-order chi connectivity index (χ0) is 18.1. The maximum absolute atomic E-state index is 14.4. The standard InChI is InChI=1S/C17H23FN2O3Si/c1-11-15(14(10-21)23-20-11)12-7-9-19-16(18)13(12)6-8-17(2,3)24(4,5)22/h7,9-10,22H,6,8H2,1-5H3. The highest BCUT2D eigenvalue weighted by molar-refractivity contribution is 6.72. The molecule has 0 amide bonds. The average molecular weight is 350 g/mol. The molecule has 2 rings (SSSR count). The van der Waals surface area contributed by atoms with Crippen LogP contribution in [0.25, 0.3) is 11.1 Å². The molecule has 0 aromatic carbocycles. The lowest BCUT2D eigenvalue weighted by molar-refractivity contribution is 0.109. The predicted molar refractivity (Wildman–Crippen MR) is 91.9 cm³/mol. The number of aromatic nitrogens is 2. The van der Waals surface area contributed by atoms with Gasteiger partial charge in [-0.1, -0.05) is 19.0 Å². The zero-order valence-corrected chi connectivity index (χ0v) is 15.7. The summed E-state index contributed by atoms with van der Waals surface area (Å²) in [5, 5.41) is 3.51. The SMILES string of the molecule is Cc1noc(C=O)c1-c1ccnc(F)c1CCC(C)(C)[Si](C)(C)O. The first kappa shape index (κ1) is 18.5. The van der Waals surface area contributed by atoms with Crippen molar-refractivity contribution in [3.63, 3.8) is 0 Å². The highest BCUT2D eigenvalue weighted by Gasteiger charge is 2.38. The van der Waals surface area contributed by atoms with Gasteiger partial charge in [0.1, 0.15) is 0 Å². The van der Waals surface area contributed by atoms with Gasteiger partial charge in [0.05, 0.1) is 11.3 Å². The van der Waals surface area contributed by atoms with Crippen molar-refractivity contribution in [2.24, 2.45) is 0 Å². The number of carbonyl (C=O) groups excluding carboxylic acids is 1. The van der Waals surface area contributed by atoms with Crippen LogP contribution in [-0.4, -0.2) is 29.5 Å². The van der Waals surface area contributed by atoms with Gasteiger partial charge in [-0.05, 0) is 49.5 Å². The van der Waals surface area contributed by atoms with Crippen LogP contribution in [0.15, 0.2) is 16.8 Å². The molecule has 2 aromatic heterocycles. The Morgan fingerprint density at radius 3 is 2.67 bits per heavy atom. The molecule has 0 saturated heterocycles. The van der Waals surface area contributed by atoms with Crippen LogP contribution in [0.4, 0.5) is 4.39 Å². The summed E-state index contributed by atoms with van der Waals surface area (Å²) in [4.78, 5) is 25.4. The number of rotatable bonds is 6. The number of hydrogen-bond donors (Lipinski definition) is 1. The minimum absolute atomic E-state index is 0.0791. The smallest absolute Gasteiger partial charge is 0.216 e. The van der Waals surface area contributed by atoms with Crippen molar-refractivity contribution < 1.29 is 18.5 Å². The van der Waals surface area contributed by atoms with Crippen LogP contribution in [-0.2, 0) is 6.42 Å². The van der Waals surface area contributed by atoms with Gasteiger partial charge < -0.3 is 9.32 Å². The van der Waals surface area contributed by atoms with E-state index in [0.29, 0.717) is 41.5 Å². The number of nitrogens with zero attached hydrogens (tertiary/aromatic N) is 2. The Balaban J connectivity index is 2.45. The van der Waals surface area contributed by atoms with Crippen LogP contribution < -0.4 is 0 Å². The number of carbonyl (C=O) groups is 1. The fourth-order valence-electron chi connectivity index (χ4n) is 2.48. The molecule has 0 saturated carbocycles. The number of aryl methyl sites for hydroxylation is 1. The third-order valence-electron chi connectivity index (χ3n) is 4.92. The highest BCUT2D eigenvalue weighted by atomic mass is 28.4. The molecule has 0 spiro atoms. The molecule has 0 atom stereocenters. The second-order valence-corrected chi connectivity index (χ2v) is 11.7. The molecule has 2 heterocycles. The largest absolute Gasteiger partial charge is 0.432 e. The van der Waals surface area contributed by atoms with Crippen LogP contribution in [0.3, 0.4) is 0 Å². The van der Waals surface area contributed by atoms with Gasteiger partial charge in [0.2, 0.25) is 11.7 Å². The lowest BCUT2D eigenvalue weighted by Gasteiger charge is -2.35. The van der Waals surface area contributed by atoms with Crippen LogP contribution in [0, 0.1) is 12.9 Å². The highest BCUT2D eigenvalue weighted by Crippen LogP contribution is 2.41. The second kappa shape index (κ2) is 6.56. The Bertz CT molecular complexity index is 751. The fraction of sp³-hybridized carbons (Fsp3) is 0.471. The fourth-order valence-corrected chi connectivity index (χ4v) is 3.21. The molecule has 7 heteroatoms. The van der Waals surface area contributed by atoms with Gasteiger partial charge in [0, 0.05) is 11.8 Å². The third kappa shape index (κ3) is 3.46. The van der Waals surface area contributed by atoms with E-state index in [-0.39, 0.29) is 10.8 Å². The first-order valence-electron chi connectivity index (χ1n) is 7.86. The topological polar surface area (TPSA) is 76.2 Å². The Hall–Kier alpha value is -1.86. The maximum Gasteiger partial charge on any atom is 0.216 e. The Kier molecular flexibility index (Phi) is 5.05. The van der Waals surface area contributed by atoms with Crippen molar-refractivity contribution in [3.8, 4) is 11.1 Å². The molecule has 130 valence electrons. The summed E-state index contributed by atoms with van der Waals surface area (Å²) in [7, 11) is -2.40. The van der Waals surface area contributed by atoms with Gasteiger partial charge in [0.15, 0.2) is 14.6 Å². The number of aldehydes is 1. The minimum atomic E-state index is -2.40. The Morgan fingerprint density at radius 1 is 1.42 bits per heavy atom. The summed E-state index contributed by atoms with van der Waals surface area (Å²) < 4.78 is 19.4. The van der Waals surface area contributed by atoms with Crippen molar-refractivity contribution in [2.45, 2.75) is 51.7 Å². The number of halogens is 1. The molecule has 0 fully saturated rings. The van der Waals surface area contributed by atoms with E-state index in [1.165, 1.54) is 6.20 Å². The lowest BCUT2D eigenvalue weighted by Crippen LogP contribution is -2.39. The summed E-state index contributed by atoms with van der Waals surface area (Å²) >= 11 is 0. The normalized spacial score (nSPS) is 12.5. The van der Waals surface area contributed by atoms with E-state index in [9.17, 15) is 14.0 Å². The molecule has 24 heavy (non-hydrogen) atoms. The summed E-state index contributed by atoms with van der Waals surface area (Å²) in [5.41, 5.74) is 2.01. The Morgan fingerprint density at radius 2 is 2.08 bits per heavy atom. The minimum Gasteiger partial charge on any atom is -0.432 e. The molecule has 5 nitrogen and oxygen atoms in total. The van der Waals surface area contributed by atoms with Crippen LogP contribution in [0.5, 0.6) is 0 Å². The first-order valence-corrected chi connectivity index (χ1v) is 10.8. The predicted octanol–water partition coefficient (Wildman–Crippen LogP) is 3.91. The second-order valence-electron chi connectivity index (χ2n) is 7.20. The van der Waals surface area contributed by atoms with Crippen LogP contribution in [0.1, 0.15) is 42.1 Å². The molecule has 2 aromatic rings. The van der Waals surface area contributed by atoms with E-state index in [1.54, 1.807) is 13.0 Å². The summed E-state index contributed by atoms with van der Waals surface area (Å²) in [6.45, 7) is 9.45. The van der Waals surface area contributed by atoms with Gasteiger partial charge in [-0.2, -0.15) is 4.39 Å². The number of pyridine rings is 1. The third-order valence-corrected chi connectivity index (χ3v) is 8.49. The van der Waals surface area contributed by atoms with Crippen molar-refractivity contribution in [1.82, 2.24) is 10.1 Å². The zero-order valence-electron chi connectivity index (χ0n) is 14.7. The molecule has 1 N–H and O–H groups in total. The van der Waals surface area contributed by atoms with Gasteiger partial charge >= 0.3 is 0 Å². The monoisotopic (exact) mass is 350 g/mol. The molecule has 0 aliphatic rings. The van der Waals surface area contributed by atoms with Crippen molar-refractivity contribution in [3.05, 3.63) is 35.2 Å². The average Bonchev–Trinajstić information content (AvgIpc) is 2.85. The molecule has 0 radical (unpaired) electrons. The van der Waals surface area contributed by atoms with Crippen LogP contribution in [0.2, 0.25) is 18.1 Å². The van der Waals surface area contributed by atoms with Gasteiger partial charge in [-0.3, -0.25) is 4.79 Å². The van der Waals surface area contributed by atoms with E-state index >= 15 is 0 Å². The Labute approximate surface area is 142 Å². The molecule has 0 unspecified atom stereocenters. The summed E-state index contributed by atoms with van der Waals surface area (Å²) in [6, 6.07) is 1.67. The summed E-state index contributed by atoms with van der Waals surface area (Å²) in [5.74, 6) is -0.492. The van der Waals surface area contributed by atoms with Gasteiger partial charge in [0.25, 0.3) is 0 Å². The molecule has 0 aliphatic heterocycles. The van der Waals surface area contributed by atoms with Crippen molar-refractivity contribution in [1.29, 1.82) is 0 Å². The van der Waals surface area contributed by atoms with Crippen LogP contribution >= 0.6 is 0 Å². The van der Waals surface area contributed by atoms with E-state index in [2.05, 4.69) is 10.1 Å². The van der Waals surface area contributed by atoms with Crippen molar-refractivity contribution >= 4 is 14.6 Å². The van der Waals surface area contributed by atoms with E-state index < -0.39 is 14.3 Å². The van der Waals surface area contributed by atoms with E-state index in [4.69, 9.17) is 4.52 Å². The van der Waals surface area contributed by atoms with E-state index in [1.807, 2.05) is 26.9 Å². The molecular formula is C17H23FN2O3Si. The molecular weight excluding hydrogens is 327 g/mol. The van der Waals surface area contributed by atoms with Gasteiger partial charge in [-0.15, -0.1) is 0 Å². The lowest BCUT2D eigenvalue weighted by atomic mass is 9.94. The first-order chi connectivity index (χ1) is 11.1. The van der Waals surface area contributed by atoms with Gasteiger partial charge in [-0.25, -0.2) is 4.98 Å².